The zero-order valence-electron chi connectivity index (χ0n) is 12.7. The van der Waals surface area contributed by atoms with Gasteiger partial charge in [0.2, 0.25) is 0 Å². The Bertz CT molecular complexity index is 613. The molecule has 1 rings (SSSR count). The molecule has 0 radical (unpaired) electrons. The molecule has 0 fully saturated rings. The SMILES string of the molecule is CCN(CC)S(=O)(=O)N(C)Cc1ccccc1C#CCO. The average molecular weight is 310 g/mol. The van der Waals surface area contributed by atoms with E-state index in [1.54, 1.807) is 7.05 Å². The molecule has 0 bridgehead atoms. The van der Waals surface area contributed by atoms with Crippen molar-refractivity contribution in [3.63, 3.8) is 0 Å². The van der Waals surface area contributed by atoms with Gasteiger partial charge in [-0.15, -0.1) is 0 Å². The molecular formula is C15H22N2O3S. The molecule has 116 valence electrons. The summed E-state index contributed by atoms with van der Waals surface area (Å²) < 4.78 is 27.5. The number of nitrogens with zero attached hydrogens (tertiary/aromatic N) is 2. The van der Waals surface area contributed by atoms with Crippen molar-refractivity contribution in [1.82, 2.24) is 8.61 Å². The number of hydrogen-bond acceptors (Lipinski definition) is 3. The number of aliphatic hydroxyl groups is 1. The van der Waals surface area contributed by atoms with Gasteiger partial charge in [0.15, 0.2) is 0 Å². The first-order chi connectivity index (χ1) is 9.97. The quantitative estimate of drug-likeness (QED) is 0.799. The van der Waals surface area contributed by atoms with Crippen molar-refractivity contribution >= 4 is 10.2 Å². The summed E-state index contributed by atoms with van der Waals surface area (Å²) in [7, 11) is -1.91. The van der Waals surface area contributed by atoms with Crippen molar-refractivity contribution < 1.29 is 13.5 Å². The molecule has 5 nitrogen and oxygen atoms in total. The molecule has 0 atom stereocenters. The summed E-state index contributed by atoms with van der Waals surface area (Å²) in [5.74, 6) is 5.43. The Morgan fingerprint density at radius 3 is 2.38 bits per heavy atom. The Hall–Kier alpha value is -1.39. The first kappa shape index (κ1) is 17.7. The number of aliphatic hydroxyl groups excluding tert-OH is 1. The molecule has 6 heteroatoms. The fraction of sp³-hybridized carbons (Fsp3) is 0.467. The van der Waals surface area contributed by atoms with Crippen LogP contribution in [0.4, 0.5) is 0 Å². The van der Waals surface area contributed by atoms with E-state index in [-0.39, 0.29) is 13.2 Å². The molecule has 21 heavy (non-hydrogen) atoms. The summed E-state index contributed by atoms with van der Waals surface area (Å²) in [6.07, 6.45) is 0. The van der Waals surface area contributed by atoms with Gasteiger partial charge in [0.25, 0.3) is 10.2 Å². The average Bonchev–Trinajstić information content (AvgIpc) is 2.47. The van der Waals surface area contributed by atoms with E-state index in [2.05, 4.69) is 11.8 Å². The van der Waals surface area contributed by atoms with Crippen molar-refractivity contribution in [3.8, 4) is 11.8 Å². The molecule has 0 saturated carbocycles. The summed E-state index contributed by atoms with van der Waals surface area (Å²) in [5, 5.41) is 8.78. The maximum atomic E-state index is 12.4. The van der Waals surface area contributed by atoms with E-state index in [0.717, 1.165) is 11.1 Å². The van der Waals surface area contributed by atoms with Gasteiger partial charge in [0.1, 0.15) is 6.61 Å². The van der Waals surface area contributed by atoms with Gasteiger partial charge in [-0.25, -0.2) is 0 Å². The second-order valence-electron chi connectivity index (χ2n) is 4.47. The van der Waals surface area contributed by atoms with Crippen LogP contribution in [0, 0.1) is 11.8 Å². The van der Waals surface area contributed by atoms with Crippen LogP contribution in [-0.4, -0.2) is 48.9 Å². The Morgan fingerprint density at radius 1 is 1.19 bits per heavy atom. The van der Waals surface area contributed by atoms with Crippen molar-refractivity contribution in [2.24, 2.45) is 0 Å². The van der Waals surface area contributed by atoms with Gasteiger partial charge in [-0.1, -0.05) is 43.9 Å². The lowest BCUT2D eigenvalue weighted by atomic mass is 10.1. The molecule has 1 N–H and O–H groups in total. The normalized spacial score (nSPS) is 11.5. The molecule has 0 aromatic heterocycles. The molecule has 1 aromatic rings. The van der Waals surface area contributed by atoms with Crippen LogP contribution in [0.3, 0.4) is 0 Å². The third-order valence-electron chi connectivity index (χ3n) is 3.14. The predicted octanol–water partition coefficient (Wildman–Crippen LogP) is 1.05. The van der Waals surface area contributed by atoms with E-state index in [1.807, 2.05) is 38.1 Å². The van der Waals surface area contributed by atoms with Crippen LogP contribution in [0.1, 0.15) is 25.0 Å². The second-order valence-corrected chi connectivity index (χ2v) is 6.50. The summed E-state index contributed by atoms with van der Waals surface area (Å²) in [5.41, 5.74) is 1.55. The van der Waals surface area contributed by atoms with E-state index >= 15 is 0 Å². The van der Waals surface area contributed by atoms with Crippen LogP contribution in [0.5, 0.6) is 0 Å². The molecule has 0 saturated heterocycles. The van der Waals surface area contributed by atoms with E-state index in [0.29, 0.717) is 13.1 Å². The number of hydrogen-bond donors (Lipinski definition) is 1. The topological polar surface area (TPSA) is 60.9 Å². The highest BCUT2D eigenvalue weighted by atomic mass is 32.2. The lowest BCUT2D eigenvalue weighted by Crippen LogP contribution is -2.41. The van der Waals surface area contributed by atoms with Gasteiger partial charge in [0, 0.05) is 32.2 Å². The first-order valence-corrected chi connectivity index (χ1v) is 8.26. The third kappa shape index (κ3) is 4.55. The Morgan fingerprint density at radius 2 is 1.81 bits per heavy atom. The Kier molecular flexibility index (Phi) is 6.85. The van der Waals surface area contributed by atoms with Crippen LogP contribution in [0.25, 0.3) is 0 Å². The van der Waals surface area contributed by atoms with Crippen LogP contribution < -0.4 is 0 Å². The van der Waals surface area contributed by atoms with Gasteiger partial charge in [-0.2, -0.15) is 17.0 Å². The van der Waals surface area contributed by atoms with Crippen LogP contribution in [0.2, 0.25) is 0 Å². The number of rotatable bonds is 6. The fourth-order valence-corrected chi connectivity index (χ4v) is 3.33. The predicted molar refractivity (Wildman–Crippen MR) is 83.7 cm³/mol. The highest BCUT2D eigenvalue weighted by molar-refractivity contribution is 7.86. The smallest absolute Gasteiger partial charge is 0.282 e. The molecule has 0 aliphatic carbocycles. The zero-order valence-corrected chi connectivity index (χ0v) is 13.5. The minimum Gasteiger partial charge on any atom is -0.384 e. The van der Waals surface area contributed by atoms with Crippen LogP contribution in [-0.2, 0) is 16.8 Å². The maximum absolute atomic E-state index is 12.4. The molecule has 0 aliphatic rings. The summed E-state index contributed by atoms with van der Waals surface area (Å²) >= 11 is 0. The minimum atomic E-state index is -3.47. The maximum Gasteiger partial charge on any atom is 0.282 e. The van der Waals surface area contributed by atoms with Crippen molar-refractivity contribution in [2.75, 3.05) is 26.7 Å². The zero-order chi connectivity index (χ0) is 15.9. The van der Waals surface area contributed by atoms with Gasteiger partial charge < -0.3 is 5.11 Å². The molecule has 0 amide bonds. The van der Waals surface area contributed by atoms with E-state index < -0.39 is 10.2 Å². The Labute approximate surface area is 127 Å². The molecule has 0 spiro atoms. The summed E-state index contributed by atoms with van der Waals surface area (Å²) in [6, 6.07) is 7.34. The van der Waals surface area contributed by atoms with Crippen LogP contribution in [0.15, 0.2) is 24.3 Å². The first-order valence-electron chi connectivity index (χ1n) is 6.86. The largest absolute Gasteiger partial charge is 0.384 e. The molecular weight excluding hydrogens is 288 g/mol. The van der Waals surface area contributed by atoms with E-state index in [1.165, 1.54) is 8.61 Å². The highest BCUT2D eigenvalue weighted by Crippen LogP contribution is 2.14. The minimum absolute atomic E-state index is 0.220. The standard InChI is InChI=1S/C15H22N2O3S/c1-4-17(5-2)21(19,20)16(3)13-15-10-7-6-9-14(15)11-8-12-18/h6-7,9-10,18H,4-5,12-13H2,1-3H3. The van der Waals surface area contributed by atoms with Crippen molar-refractivity contribution in [2.45, 2.75) is 20.4 Å². The third-order valence-corrected chi connectivity index (χ3v) is 5.22. The van der Waals surface area contributed by atoms with E-state index in [9.17, 15) is 8.42 Å². The van der Waals surface area contributed by atoms with Gasteiger partial charge in [-0.3, -0.25) is 0 Å². The summed E-state index contributed by atoms with van der Waals surface area (Å²) in [6.45, 7) is 4.53. The lowest BCUT2D eigenvalue weighted by molar-refractivity contribution is 0.350. The second kappa shape index (κ2) is 8.15. The van der Waals surface area contributed by atoms with Crippen molar-refractivity contribution in [1.29, 1.82) is 0 Å². The van der Waals surface area contributed by atoms with E-state index in [4.69, 9.17) is 5.11 Å². The lowest BCUT2D eigenvalue weighted by Gasteiger charge is -2.25. The summed E-state index contributed by atoms with van der Waals surface area (Å²) in [4.78, 5) is 0. The van der Waals surface area contributed by atoms with Gasteiger partial charge >= 0.3 is 0 Å². The fourth-order valence-electron chi connectivity index (χ4n) is 1.98. The monoisotopic (exact) mass is 310 g/mol. The van der Waals surface area contributed by atoms with Crippen LogP contribution >= 0.6 is 0 Å². The molecule has 0 unspecified atom stereocenters. The van der Waals surface area contributed by atoms with Gasteiger partial charge in [-0.05, 0) is 11.6 Å². The molecule has 1 aromatic carbocycles. The number of benzene rings is 1. The Balaban J connectivity index is 3.01. The van der Waals surface area contributed by atoms with Crippen molar-refractivity contribution in [3.05, 3.63) is 35.4 Å². The molecule has 0 heterocycles. The van der Waals surface area contributed by atoms with Gasteiger partial charge in [0.05, 0.1) is 0 Å². The highest BCUT2D eigenvalue weighted by Gasteiger charge is 2.24. The molecule has 0 aliphatic heterocycles.